The monoisotopic (exact) mass is 311 g/mol. The quantitative estimate of drug-likeness (QED) is 0.796. The summed E-state index contributed by atoms with van der Waals surface area (Å²) >= 11 is 0. The molecule has 4 heterocycles. The maximum absolute atomic E-state index is 5.63. The molecule has 0 unspecified atom stereocenters. The van der Waals surface area contributed by atoms with Crippen LogP contribution >= 0.6 is 0 Å². The normalized spacial score (nSPS) is 16.2. The van der Waals surface area contributed by atoms with Gasteiger partial charge in [-0.2, -0.15) is 0 Å². The molecule has 0 radical (unpaired) electrons. The lowest BCUT2D eigenvalue weighted by molar-refractivity contribution is 0.225. The number of imidazole rings is 1. The summed E-state index contributed by atoms with van der Waals surface area (Å²) in [7, 11) is 0. The van der Waals surface area contributed by atoms with Crippen LogP contribution in [0, 0.1) is 6.92 Å². The predicted molar refractivity (Wildman–Crippen MR) is 88.2 cm³/mol. The fraction of sp³-hybridized carbons (Fsp3) is 0.412. The van der Waals surface area contributed by atoms with E-state index in [4.69, 9.17) is 9.40 Å². The van der Waals surface area contributed by atoms with Crippen molar-refractivity contribution in [2.24, 2.45) is 0 Å². The lowest BCUT2D eigenvalue weighted by Gasteiger charge is -2.26. The topological polar surface area (TPSA) is 59.1 Å². The first-order valence-corrected chi connectivity index (χ1v) is 8.07. The van der Waals surface area contributed by atoms with Crippen LogP contribution in [0.3, 0.4) is 0 Å². The summed E-state index contributed by atoms with van der Waals surface area (Å²) < 4.78 is 7.82. The lowest BCUT2D eigenvalue weighted by Crippen LogP contribution is -2.43. The van der Waals surface area contributed by atoms with Gasteiger partial charge in [0, 0.05) is 32.4 Å². The van der Waals surface area contributed by atoms with Gasteiger partial charge in [0.1, 0.15) is 17.1 Å². The van der Waals surface area contributed by atoms with E-state index in [0.717, 1.165) is 61.0 Å². The number of aromatic nitrogens is 3. The van der Waals surface area contributed by atoms with Gasteiger partial charge in [-0.1, -0.05) is 0 Å². The van der Waals surface area contributed by atoms with E-state index < -0.39 is 0 Å². The number of nitrogens with zero attached hydrogens (tertiary/aromatic N) is 4. The van der Waals surface area contributed by atoms with Crippen LogP contribution in [0.5, 0.6) is 0 Å². The zero-order chi connectivity index (χ0) is 15.6. The third-order valence-corrected chi connectivity index (χ3v) is 4.43. The zero-order valence-corrected chi connectivity index (χ0v) is 13.3. The van der Waals surface area contributed by atoms with E-state index in [1.165, 1.54) is 0 Å². The molecule has 1 fully saturated rings. The molecule has 0 saturated carbocycles. The number of hydrogen-bond donors (Lipinski definition) is 1. The molecule has 1 aliphatic rings. The molecule has 4 rings (SSSR count). The summed E-state index contributed by atoms with van der Waals surface area (Å²) in [5, 5.41) is 3.39. The van der Waals surface area contributed by atoms with E-state index in [1.807, 2.05) is 24.4 Å². The Balaban J connectivity index is 1.70. The molecule has 120 valence electrons. The Morgan fingerprint density at radius 1 is 1.22 bits per heavy atom. The van der Waals surface area contributed by atoms with Crippen molar-refractivity contribution in [1.82, 2.24) is 24.8 Å². The molecule has 0 aromatic carbocycles. The van der Waals surface area contributed by atoms with Crippen molar-refractivity contribution in [3.05, 3.63) is 47.8 Å². The molecule has 23 heavy (non-hydrogen) atoms. The van der Waals surface area contributed by atoms with Gasteiger partial charge in [-0.15, -0.1) is 0 Å². The van der Waals surface area contributed by atoms with Gasteiger partial charge in [-0.05, 0) is 30.7 Å². The summed E-state index contributed by atoms with van der Waals surface area (Å²) in [4.78, 5) is 11.8. The molecule has 0 amide bonds. The molecule has 6 heteroatoms. The summed E-state index contributed by atoms with van der Waals surface area (Å²) in [6.45, 7) is 7.77. The molecule has 0 atom stereocenters. The van der Waals surface area contributed by atoms with Crippen LogP contribution in [0.15, 0.2) is 35.1 Å². The van der Waals surface area contributed by atoms with Crippen LogP contribution in [0.1, 0.15) is 17.1 Å². The summed E-state index contributed by atoms with van der Waals surface area (Å²) in [6, 6.07) is 5.96. The molecular weight excluding hydrogens is 290 g/mol. The maximum Gasteiger partial charge on any atom is 0.160 e. The van der Waals surface area contributed by atoms with Crippen molar-refractivity contribution in [3.63, 3.8) is 0 Å². The molecule has 0 aliphatic carbocycles. The Morgan fingerprint density at radius 3 is 2.87 bits per heavy atom. The minimum Gasteiger partial charge on any atom is -0.467 e. The van der Waals surface area contributed by atoms with E-state index in [-0.39, 0.29) is 0 Å². The molecular formula is C17H21N5O. The SMILES string of the molecule is Cc1ccoc1Cn1c(CN2CCNCC2)nc2cccnc21. The Kier molecular flexibility index (Phi) is 3.85. The summed E-state index contributed by atoms with van der Waals surface area (Å²) in [5.74, 6) is 2.02. The van der Waals surface area contributed by atoms with Gasteiger partial charge in [-0.25, -0.2) is 9.97 Å². The maximum atomic E-state index is 5.63. The van der Waals surface area contributed by atoms with Crippen LogP contribution in [0.25, 0.3) is 11.2 Å². The van der Waals surface area contributed by atoms with Gasteiger partial charge >= 0.3 is 0 Å². The Labute approximate surface area is 135 Å². The fourth-order valence-electron chi connectivity index (χ4n) is 3.07. The average Bonchev–Trinajstić information content (AvgIpc) is 3.13. The number of furan rings is 1. The third-order valence-electron chi connectivity index (χ3n) is 4.43. The van der Waals surface area contributed by atoms with Crippen molar-refractivity contribution in [1.29, 1.82) is 0 Å². The van der Waals surface area contributed by atoms with E-state index in [9.17, 15) is 0 Å². The van der Waals surface area contributed by atoms with Crippen molar-refractivity contribution in [2.75, 3.05) is 26.2 Å². The Bertz CT molecular complexity index is 800. The number of aryl methyl sites for hydroxylation is 1. The van der Waals surface area contributed by atoms with E-state index in [2.05, 4.69) is 26.7 Å². The van der Waals surface area contributed by atoms with Gasteiger partial charge in [0.05, 0.1) is 19.4 Å². The molecule has 3 aromatic rings. The number of fused-ring (bicyclic) bond motifs is 1. The minimum absolute atomic E-state index is 0.674. The number of piperazine rings is 1. The highest BCUT2D eigenvalue weighted by Crippen LogP contribution is 2.19. The first kappa shape index (κ1) is 14.4. The smallest absolute Gasteiger partial charge is 0.160 e. The number of pyridine rings is 1. The number of hydrogen-bond acceptors (Lipinski definition) is 5. The molecule has 1 aliphatic heterocycles. The molecule has 1 saturated heterocycles. The second kappa shape index (κ2) is 6.14. The minimum atomic E-state index is 0.674. The molecule has 1 N–H and O–H groups in total. The van der Waals surface area contributed by atoms with E-state index >= 15 is 0 Å². The summed E-state index contributed by atoms with van der Waals surface area (Å²) in [5.41, 5.74) is 3.03. The Hall–Kier alpha value is -2.18. The van der Waals surface area contributed by atoms with Gasteiger partial charge in [0.25, 0.3) is 0 Å². The van der Waals surface area contributed by atoms with Crippen LogP contribution in [-0.4, -0.2) is 45.6 Å². The highest BCUT2D eigenvalue weighted by molar-refractivity contribution is 5.71. The third kappa shape index (κ3) is 2.87. The van der Waals surface area contributed by atoms with Gasteiger partial charge in [0.15, 0.2) is 5.65 Å². The number of nitrogens with one attached hydrogen (secondary N) is 1. The van der Waals surface area contributed by atoms with Crippen molar-refractivity contribution in [2.45, 2.75) is 20.0 Å². The first-order valence-electron chi connectivity index (χ1n) is 8.07. The highest BCUT2D eigenvalue weighted by Gasteiger charge is 2.18. The van der Waals surface area contributed by atoms with Crippen molar-refractivity contribution in [3.8, 4) is 0 Å². The molecule has 3 aromatic heterocycles. The van der Waals surface area contributed by atoms with E-state index in [0.29, 0.717) is 6.54 Å². The van der Waals surface area contributed by atoms with Crippen molar-refractivity contribution >= 4 is 11.2 Å². The van der Waals surface area contributed by atoms with E-state index in [1.54, 1.807) is 6.26 Å². The molecule has 6 nitrogen and oxygen atoms in total. The van der Waals surface area contributed by atoms with Crippen molar-refractivity contribution < 1.29 is 4.42 Å². The van der Waals surface area contributed by atoms with Gasteiger partial charge in [-0.3, -0.25) is 4.90 Å². The highest BCUT2D eigenvalue weighted by atomic mass is 16.3. The second-order valence-electron chi connectivity index (χ2n) is 6.01. The van der Waals surface area contributed by atoms with Gasteiger partial charge in [0.2, 0.25) is 0 Å². The van der Waals surface area contributed by atoms with Gasteiger partial charge < -0.3 is 14.3 Å². The first-order chi connectivity index (χ1) is 11.3. The second-order valence-corrected chi connectivity index (χ2v) is 6.01. The lowest BCUT2D eigenvalue weighted by atomic mass is 10.3. The van der Waals surface area contributed by atoms with Crippen LogP contribution in [-0.2, 0) is 13.1 Å². The molecule has 0 bridgehead atoms. The fourth-order valence-corrected chi connectivity index (χ4v) is 3.07. The zero-order valence-electron chi connectivity index (χ0n) is 13.3. The van der Waals surface area contributed by atoms with Crippen LogP contribution in [0.4, 0.5) is 0 Å². The predicted octanol–water partition coefficient (Wildman–Crippen LogP) is 1.79. The number of rotatable bonds is 4. The molecule has 0 spiro atoms. The standard InChI is InChI=1S/C17H21N5O/c1-13-4-10-23-15(13)11-22-16(12-21-8-6-18-7-9-21)20-14-3-2-5-19-17(14)22/h2-5,10,18H,6-9,11-12H2,1H3. The van der Waals surface area contributed by atoms with Crippen LogP contribution in [0.2, 0.25) is 0 Å². The average molecular weight is 311 g/mol. The largest absolute Gasteiger partial charge is 0.467 e. The summed E-state index contributed by atoms with van der Waals surface area (Å²) in [6.07, 6.45) is 3.57. The van der Waals surface area contributed by atoms with Crippen LogP contribution < -0.4 is 5.32 Å². The Morgan fingerprint density at radius 2 is 2.09 bits per heavy atom.